The molecule has 1 aliphatic carbocycles. The van der Waals surface area contributed by atoms with Crippen LogP contribution in [0.15, 0.2) is 89.7 Å². The number of pyridine rings is 2. The van der Waals surface area contributed by atoms with Crippen molar-refractivity contribution in [2.75, 3.05) is 36.5 Å². The van der Waals surface area contributed by atoms with E-state index in [1.807, 2.05) is 53.4 Å². The van der Waals surface area contributed by atoms with E-state index < -0.39 is 59.0 Å². The number of para-hydroxylation sites is 1. The Morgan fingerprint density at radius 1 is 0.881 bits per heavy atom. The average Bonchev–Trinajstić information content (AvgIpc) is 1.50. The van der Waals surface area contributed by atoms with Gasteiger partial charge in [-0.15, -0.1) is 0 Å². The molecule has 6 aromatic rings. The van der Waals surface area contributed by atoms with Gasteiger partial charge in [0.2, 0.25) is 23.6 Å². The number of halogens is 1. The molecule has 10 rings (SSSR count). The van der Waals surface area contributed by atoms with Crippen molar-refractivity contribution in [2.24, 2.45) is 5.92 Å². The second kappa shape index (κ2) is 25.0. The Morgan fingerprint density at radius 3 is 2.40 bits per heavy atom. The van der Waals surface area contributed by atoms with E-state index in [0.29, 0.717) is 102 Å². The quantitative estimate of drug-likeness (QED) is 0.0263. The number of nitrogens with one attached hydrogen (secondary N) is 5. The molecule has 0 bridgehead atoms. The molecule has 0 spiro atoms. The van der Waals surface area contributed by atoms with Crippen LogP contribution >= 0.6 is 0 Å². The Bertz CT molecular complexity index is 3740. The zero-order chi connectivity index (χ0) is 59.4. The van der Waals surface area contributed by atoms with Crippen molar-refractivity contribution in [3.63, 3.8) is 0 Å². The summed E-state index contributed by atoms with van der Waals surface area (Å²) in [5.41, 5.74) is 6.02. The van der Waals surface area contributed by atoms with Crippen molar-refractivity contribution in [2.45, 2.75) is 123 Å². The number of rotatable bonds is 20. The number of anilines is 2. The predicted molar refractivity (Wildman–Crippen MR) is 311 cm³/mol. The molecule has 3 aliphatic heterocycles. The van der Waals surface area contributed by atoms with E-state index in [9.17, 15) is 38.7 Å². The third kappa shape index (κ3) is 12.0. The topological polar surface area (TPSA) is 249 Å². The molecule has 5 amide bonds. The first-order chi connectivity index (χ1) is 40.4. The number of hydrogen-bond donors (Lipinski definition) is 6. The third-order valence-corrected chi connectivity index (χ3v) is 16.1. The first-order valence-corrected chi connectivity index (χ1v) is 28.5. The molecule has 2 aromatic heterocycles. The Hall–Kier alpha value is -8.77. The second-order valence-electron chi connectivity index (χ2n) is 21.9. The summed E-state index contributed by atoms with van der Waals surface area (Å²) in [4.78, 5) is 100. The highest BCUT2D eigenvalue weighted by atomic mass is 19.1. The van der Waals surface area contributed by atoms with Gasteiger partial charge >= 0.3 is 12.1 Å². The van der Waals surface area contributed by atoms with Crippen molar-refractivity contribution in [1.82, 2.24) is 30.8 Å². The summed E-state index contributed by atoms with van der Waals surface area (Å²) in [5, 5.41) is 26.6. The first-order valence-electron chi connectivity index (χ1n) is 28.5. The fourth-order valence-corrected chi connectivity index (χ4v) is 11.4. The van der Waals surface area contributed by atoms with Crippen LogP contribution in [0.2, 0.25) is 0 Å². The number of aryl methyl sites for hydroxylation is 1. The maximum atomic E-state index is 15.4. The number of esters is 1. The van der Waals surface area contributed by atoms with Gasteiger partial charge in [0.15, 0.2) is 5.60 Å². The molecule has 4 aliphatic rings. The van der Waals surface area contributed by atoms with Crippen LogP contribution in [-0.4, -0.2) is 88.7 Å². The normalized spacial score (nSPS) is 16.9. The Kier molecular flexibility index (Phi) is 17.4. The lowest BCUT2D eigenvalue weighted by atomic mass is 9.81. The molecule has 4 atom stereocenters. The maximum Gasteiger partial charge on any atom is 0.407 e. The van der Waals surface area contributed by atoms with E-state index in [1.165, 1.54) is 17.6 Å². The van der Waals surface area contributed by atoms with Gasteiger partial charge in [-0.05, 0) is 116 Å². The molecular weight excluding hydrogens is 1080 g/mol. The molecule has 6 N–H and O–H groups in total. The summed E-state index contributed by atoms with van der Waals surface area (Å²) < 4.78 is 33.5. The number of ether oxygens (including phenoxy) is 3. The SMILES string of the molecule is CC[C@@]1(O)C(=O)OCc2c1cc1n(c2=O)Cc2c-1nc1cc(F)c(C)c3c1c2[C@@H](NC(=O)OCc1ccc(NC(=O)[C@H](C)NC(=O)[C@@H](NC(=O)CCOCCNCCCC(=O)N2Cc4ccccc4C#Cc4ccccc42)C(C)C)cc1)CC3. The van der Waals surface area contributed by atoms with Crippen LogP contribution < -0.4 is 37.0 Å². The van der Waals surface area contributed by atoms with Crippen LogP contribution in [-0.2, 0) is 76.5 Å². The number of carbonyl (C=O) groups is 6. The molecule has 0 saturated carbocycles. The van der Waals surface area contributed by atoms with Crippen molar-refractivity contribution >= 4 is 58.0 Å². The van der Waals surface area contributed by atoms with Gasteiger partial charge in [-0.3, -0.25) is 24.0 Å². The molecule has 0 saturated heterocycles. The number of nitrogens with zero attached hydrogens (tertiary/aromatic N) is 3. The van der Waals surface area contributed by atoms with Gasteiger partial charge in [0.05, 0.1) is 60.5 Å². The number of aliphatic hydroxyl groups is 1. The molecule has 84 heavy (non-hydrogen) atoms. The summed E-state index contributed by atoms with van der Waals surface area (Å²) in [6, 6.07) is 22.6. The maximum absolute atomic E-state index is 15.4. The number of amides is 5. The van der Waals surface area contributed by atoms with Gasteiger partial charge < -0.3 is 55.4 Å². The van der Waals surface area contributed by atoms with Crippen LogP contribution in [0.4, 0.5) is 20.6 Å². The lowest BCUT2D eigenvalue weighted by Gasteiger charge is -2.31. The number of carbonyl (C=O) groups excluding carboxylic acids is 6. The smallest absolute Gasteiger partial charge is 0.407 e. The van der Waals surface area contributed by atoms with E-state index in [1.54, 1.807) is 58.0 Å². The summed E-state index contributed by atoms with van der Waals surface area (Å²) >= 11 is 0. The fraction of sp³-hybridized carbons (Fsp3) is 0.375. The zero-order valence-corrected chi connectivity index (χ0v) is 47.5. The number of alkyl carbamates (subject to hydrolysis) is 1. The summed E-state index contributed by atoms with van der Waals surface area (Å²) in [6.45, 7) is 10.1. The van der Waals surface area contributed by atoms with Crippen molar-refractivity contribution in [1.29, 1.82) is 0 Å². The number of hydrogen-bond acceptors (Lipinski definition) is 13. The molecule has 436 valence electrons. The summed E-state index contributed by atoms with van der Waals surface area (Å²) in [5.74, 6) is 3.48. The Labute approximate surface area is 485 Å². The number of aromatic nitrogens is 2. The Morgan fingerprint density at radius 2 is 1.63 bits per heavy atom. The predicted octanol–water partition coefficient (Wildman–Crippen LogP) is 6.75. The van der Waals surface area contributed by atoms with E-state index in [2.05, 4.69) is 38.4 Å². The average molecular weight is 1140 g/mol. The molecule has 0 unspecified atom stereocenters. The largest absolute Gasteiger partial charge is 0.458 e. The van der Waals surface area contributed by atoms with E-state index in [0.717, 1.165) is 27.9 Å². The van der Waals surface area contributed by atoms with Gasteiger partial charge in [-0.1, -0.05) is 75.1 Å². The number of fused-ring (bicyclic) bond motifs is 7. The molecule has 5 heterocycles. The molecular formula is C64H67FN8O11. The van der Waals surface area contributed by atoms with Crippen LogP contribution in [0, 0.1) is 30.5 Å². The first kappa shape index (κ1) is 58.4. The van der Waals surface area contributed by atoms with Crippen LogP contribution in [0.25, 0.3) is 22.3 Å². The third-order valence-electron chi connectivity index (χ3n) is 16.1. The van der Waals surface area contributed by atoms with Gasteiger partial charge in [0.1, 0.15) is 31.1 Å². The molecule has 0 radical (unpaired) electrons. The fourth-order valence-electron chi connectivity index (χ4n) is 11.4. The van der Waals surface area contributed by atoms with E-state index in [-0.39, 0.29) is 68.1 Å². The van der Waals surface area contributed by atoms with E-state index >= 15 is 4.39 Å². The standard InChI is InChI=1S/C64H67FN8O11/c1-6-64(81)47-30-52-58-45(33-73(52)61(78)46(47)35-83-62(64)79)56-49(24-23-44-37(4)48(65)31-50(69-58)55(44)56)70-63(80)84-34-39-17-21-43(22-18-39)68-59(76)38(5)67-60(77)57(36(2)3)71-53(74)25-28-82-29-27-66-26-11-16-54(75)72-32-42-14-8-7-12-40(42)19-20-41-13-9-10-15-51(41)72/h7-10,12-15,17-18,21-22,30-31,36,38,49,57,66,81H,6,11,16,23-29,32-35H2,1-5H3,(H,67,77)(H,68,76)(H,70,80)(H,71,74)/t38-,49-,57-,64-/m0/s1. The van der Waals surface area contributed by atoms with Gasteiger partial charge in [0.25, 0.3) is 5.56 Å². The highest BCUT2D eigenvalue weighted by Gasteiger charge is 2.46. The van der Waals surface area contributed by atoms with E-state index in [4.69, 9.17) is 19.2 Å². The van der Waals surface area contributed by atoms with Crippen molar-refractivity contribution in [3.8, 4) is 23.2 Å². The Balaban J connectivity index is 0.657. The lowest BCUT2D eigenvalue weighted by Crippen LogP contribution is -2.53. The molecule has 0 fully saturated rings. The minimum absolute atomic E-state index is 0.0123. The van der Waals surface area contributed by atoms with Gasteiger partial charge in [-0.25, -0.2) is 19.0 Å². The number of benzene rings is 4. The molecule has 4 aromatic carbocycles. The number of cyclic esters (lactones) is 1. The van der Waals surface area contributed by atoms with Crippen LogP contribution in [0.3, 0.4) is 0 Å². The van der Waals surface area contributed by atoms with Crippen molar-refractivity contribution < 1.29 is 52.5 Å². The minimum atomic E-state index is -2.03. The van der Waals surface area contributed by atoms with Crippen LogP contribution in [0.1, 0.15) is 121 Å². The van der Waals surface area contributed by atoms with Gasteiger partial charge in [-0.2, -0.15) is 0 Å². The highest BCUT2D eigenvalue weighted by Crippen LogP contribution is 2.46. The van der Waals surface area contributed by atoms with Crippen LogP contribution in [0.5, 0.6) is 0 Å². The lowest BCUT2D eigenvalue weighted by molar-refractivity contribution is -0.172. The molecule has 19 nitrogen and oxygen atoms in total. The zero-order valence-electron chi connectivity index (χ0n) is 47.5. The highest BCUT2D eigenvalue weighted by molar-refractivity contribution is 5.99. The van der Waals surface area contributed by atoms with Gasteiger partial charge in [0, 0.05) is 58.8 Å². The molecule has 20 heteroatoms. The summed E-state index contributed by atoms with van der Waals surface area (Å²) in [7, 11) is 0. The summed E-state index contributed by atoms with van der Waals surface area (Å²) in [6.07, 6.45) is 1.06. The second-order valence-corrected chi connectivity index (χ2v) is 21.9. The monoisotopic (exact) mass is 1140 g/mol. The van der Waals surface area contributed by atoms with Crippen molar-refractivity contribution in [3.05, 3.63) is 157 Å². The minimum Gasteiger partial charge on any atom is -0.458 e.